The van der Waals surface area contributed by atoms with Crippen molar-refractivity contribution >= 4 is 22.5 Å². The van der Waals surface area contributed by atoms with Crippen LogP contribution in [0.3, 0.4) is 0 Å². The molecule has 0 saturated heterocycles. The van der Waals surface area contributed by atoms with Gasteiger partial charge in [-0.15, -0.1) is 0 Å². The number of nitrogens with zero attached hydrogens (tertiary/aromatic N) is 1. The van der Waals surface area contributed by atoms with Crippen molar-refractivity contribution in [2.45, 2.75) is 6.92 Å². The molecule has 4 rings (SSSR count). The van der Waals surface area contributed by atoms with Crippen LogP contribution in [0, 0.1) is 12.7 Å². The number of anilines is 1. The fourth-order valence-electron chi connectivity index (χ4n) is 3.05. The highest BCUT2D eigenvalue weighted by atomic mass is 19.1. The van der Waals surface area contributed by atoms with Crippen molar-refractivity contribution in [1.29, 1.82) is 0 Å². The van der Waals surface area contributed by atoms with E-state index in [1.807, 2.05) is 55.5 Å². The zero-order chi connectivity index (χ0) is 18.8. The van der Waals surface area contributed by atoms with Crippen molar-refractivity contribution in [3.05, 3.63) is 95.8 Å². The summed E-state index contributed by atoms with van der Waals surface area (Å²) in [7, 11) is 0. The lowest BCUT2D eigenvalue weighted by atomic mass is 10.0. The van der Waals surface area contributed by atoms with Gasteiger partial charge in [0.25, 0.3) is 5.91 Å². The molecule has 4 aromatic rings. The summed E-state index contributed by atoms with van der Waals surface area (Å²) in [6.07, 6.45) is 0. The fraction of sp³-hybridized carbons (Fsp3) is 0.0435. The van der Waals surface area contributed by atoms with E-state index in [-0.39, 0.29) is 11.7 Å². The van der Waals surface area contributed by atoms with Gasteiger partial charge in [-0.3, -0.25) is 4.79 Å². The number of nitrogens with one attached hydrogen (secondary N) is 1. The van der Waals surface area contributed by atoms with Crippen molar-refractivity contribution in [2.24, 2.45) is 0 Å². The minimum atomic E-state index is -0.308. The Hall–Kier alpha value is -3.53. The first-order valence-electron chi connectivity index (χ1n) is 8.64. The van der Waals surface area contributed by atoms with Gasteiger partial charge in [0.2, 0.25) is 0 Å². The van der Waals surface area contributed by atoms with E-state index in [9.17, 15) is 9.18 Å². The van der Waals surface area contributed by atoms with Gasteiger partial charge in [-0.1, -0.05) is 30.3 Å². The summed E-state index contributed by atoms with van der Waals surface area (Å²) in [6, 6.07) is 23.0. The first kappa shape index (κ1) is 16.9. The minimum absolute atomic E-state index is 0.206. The number of hydrogen-bond donors (Lipinski definition) is 1. The molecule has 3 nitrogen and oxygen atoms in total. The average molecular weight is 356 g/mol. The molecule has 132 valence electrons. The molecule has 0 spiro atoms. The van der Waals surface area contributed by atoms with Crippen molar-refractivity contribution in [2.75, 3.05) is 5.32 Å². The lowest BCUT2D eigenvalue weighted by Crippen LogP contribution is -2.13. The number of hydrogen-bond acceptors (Lipinski definition) is 2. The Labute approximate surface area is 156 Å². The molecule has 0 saturated carbocycles. The highest BCUT2D eigenvalue weighted by Crippen LogP contribution is 2.26. The number of carbonyl (C=O) groups excluding carboxylic acids is 1. The summed E-state index contributed by atoms with van der Waals surface area (Å²) in [4.78, 5) is 17.6. The van der Waals surface area contributed by atoms with E-state index in [0.717, 1.165) is 22.2 Å². The number of amides is 1. The zero-order valence-corrected chi connectivity index (χ0v) is 14.7. The molecule has 1 amide bonds. The lowest BCUT2D eigenvalue weighted by molar-refractivity contribution is 0.102. The number of benzene rings is 3. The van der Waals surface area contributed by atoms with Crippen molar-refractivity contribution in [3.8, 4) is 11.3 Å². The maximum atomic E-state index is 13.3. The molecule has 0 aliphatic heterocycles. The predicted octanol–water partition coefficient (Wildman–Crippen LogP) is 5.60. The quantitative estimate of drug-likeness (QED) is 0.519. The Morgan fingerprint density at radius 2 is 1.70 bits per heavy atom. The number of fused-ring (bicyclic) bond motifs is 1. The smallest absolute Gasteiger partial charge is 0.256 e. The number of aromatic nitrogens is 1. The standard InChI is InChI=1S/C23H17FN2O/c1-15-5-4-6-18(13-15)25-23(27)20-14-22(16-9-11-17(24)12-10-16)26-21-8-3-2-7-19(20)21/h2-14H,1H3,(H,25,27). The van der Waals surface area contributed by atoms with Crippen LogP contribution < -0.4 is 5.32 Å². The molecular weight excluding hydrogens is 339 g/mol. The largest absolute Gasteiger partial charge is 0.322 e. The van der Waals surface area contributed by atoms with Crippen LogP contribution in [0.25, 0.3) is 22.2 Å². The third-order valence-corrected chi connectivity index (χ3v) is 4.38. The van der Waals surface area contributed by atoms with Crippen LogP contribution in [0.5, 0.6) is 0 Å². The van der Waals surface area contributed by atoms with Crippen LogP contribution in [0.2, 0.25) is 0 Å². The fourth-order valence-corrected chi connectivity index (χ4v) is 3.05. The Bertz CT molecular complexity index is 1140. The summed E-state index contributed by atoms with van der Waals surface area (Å²) in [5.74, 6) is -0.514. The molecule has 0 fully saturated rings. The molecule has 0 aliphatic rings. The minimum Gasteiger partial charge on any atom is -0.322 e. The molecule has 27 heavy (non-hydrogen) atoms. The van der Waals surface area contributed by atoms with Gasteiger partial charge in [0, 0.05) is 16.6 Å². The topological polar surface area (TPSA) is 42.0 Å². The van der Waals surface area contributed by atoms with Gasteiger partial charge in [-0.25, -0.2) is 9.37 Å². The van der Waals surface area contributed by atoms with Crippen LogP contribution >= 0.6 is 0 Å². The summed E-state index contributed by atoms with van der Waals surface area (Å²) >= 11 is 0. The van der Waals surface area contributed by atoms with Gasteiger partial charge >= 0.3 is 0 Å². The van der Waals surface area contributed by atoms with Gasteiger partial charge in [0.15, 0.2) is 0 Å². The van der Waals surface area contributed by atoms with Crippen LogP contribution in [0.1, 0.15) is 15.9 Å². The highest BCUT2D eigenvalue weighted by molar-refractivity contribution is 6.13. The average Bonchev–Trinajstić information content (AvgIpc) is 2.67. The Kier molecular flexibility index (Phi) is 4.38. The van der Waals surface area contributed by atoms with Crippen LogP contribution in [-0.2, 0) is 0 Å². The second-order valence-corrected chi connectivity index (χ2v) is 6.40. The summed E-state index contributed by atoms with van der Waals surface area (Å²) < 4.78 is 13.3. The molecule has 1 N–H and O–H groups in total. The molecule has 3 aromatic carbocycles. The number of halogens is 1. The first-order chi connectivity index (χ1) is 13.1. The number of carbonyl (C=O) groups is 1. The monoisotopic (exact) mass is 356 g/mol. The van der Waals surface area contributed by atoms with Gasteiger partial charge < -0.3 is 5.32 Å². The maximum absolute atomic E-state index is 13.3. The zero-order valence-electron chi connectivity index (χ0n) is 14.7. The van der Waals surface area contributed by atoms with E-state index in [1.165, 1.54) is 12.1 Å². The van der Waals surface area contributed by atoms with Crippen molar-refractivity contribution < 1.29 is 9.18 Å². The van der Waals surface area contributed by atoms with Crippen LogP contribution in [-0.4, -0.2) is 10.9 Å². The second kappa shape index (κ2) is 7.00. The molecule has 0 unspecified atom stereocenters. The Morgan fingerprint density at radius 1 is 0.926 bits per heavy atom. The first-order valence-corrected chi connectivity index (χ1v) is 8.64. The Morgan fingerprint density at radius 3 is 2.48 bits per heavy atom. The normalized spacial score (nSPS) is 10.7. The maximum Gasteiger partial charge on any atom is 0.256 e. The third-order valence-electron chi connectivity index (χ3n) is 4.38. The van der Waals surface area contributed by atoms with Gasteiger partial charge in [-0.05, 0) is 61.0 Å². The molecule has 1 aromatic heterocycles. The van der Waals surface area contributed by atoms with Crippen LogP contribution in [0.15, 0.2) is 78.9 Å². The highest BCUT2D eigenvalue weighted by Gasteiger charge is 2.14. The molecular formula is C23H17FN2O. The molecule has 0 bridgehead atoms. The molecule has 0 radical (unpaired) electrons. The number of pyridine rings is 1. The molecule has 0 aliphatic carbocycles. The van der Waals surface area contributed by atoms with E-state index in [1.54, 1.807) is 18.2 Å². The van der Waals surface area contributed by atoms with Gasteiger partial charge in [0.1, 0.15) is 5.82 Å². The lowest BCUT2D eigenvalue weighted by Gasteiger charge is -2.11. The summed E-state index contributed by atoms with van der Waals surface area (Å²) in [5.41, 5.74) is 4.44. The molecule has 1 heterocycles. The molecule has 4 heteroatoms. The SMILES string of the molecule is Cc1cccc(NC(=O)c2cc(-c3ccc(F)cc3)nc3ccccc23)c1. The van der Waals surface area contributed by atoms with Crippen molar-refractivity contribution in [1.82, 2.24) is 4.98 Å². The number of para-hydroxylation sites is 1. The van der Waals surface area contributed by atoms with E-state index in [4.69, 9.17) is 0 Å². The Balaban J connectivity index is 1.80. The summed E-state index contributed by atoms with van der Waals surface area (Å²) in [6.45, 7) is 1.98. The van der Waals surface area contributed by atoms with E-state index in [2.05, 4.69) is 10.3 Å². The molecule has 0 atom stereocenters. The van der Waals surface area contributed by atoms with Crippen molar-refractivity contribution in [3.63, 3.8) is 0 Å². The van der Waals surface area contributed by atoms with E-state index < -0.39 is 0 Å². The predicted molar refractivity (Wildman–Crippen MR) is 106 cm³/mol. The second-order valence-electron chi connectivity index (χ2n) is 6.40. The third kappa shape index (κ3) is 3.55. The van der Waals surface area contributed by atoms with E-state index >= 15 is 0 Å². The van der Waals surface area contributed by atoms with Gasteiger partial charge in [-0.2, -0.15) is 0 Å². The van der Waals surface area contributed by atoms with Gasteiger partial charge in [0.05, 0.1) is 16.8 Å². The van der Waals surface area contributed by atoms with E-state index in [0.29, 0.717) is 16.8 Å². The number of rotatable bonds is 3. The summed E-state index contributed by atoms with van der Waals surface area (Å²) in [5, 5.41) is 3.72. The number of aryl methyl sites for hydroxylation is 1. The van der Waals surface area contributed by atoms with Crippen LogP contribution in [0.4, 0.5) is 10.1 Å².